The Morgan fingerprint density at radius 3 is 2.60 bits per heavy atom. The first-order chi connectivity index (χ1) is 14.5. The molecule has 1 aliphatic carbocycles. The summed E-state index contributed by atoms with van der Waals surface area (Å²) in [6.45, 7) is 3.68. The Morgan fingerprint density at radius 1 is 1.13 bits per heavy atom. The molecular weight excluding hydrogens is 404 g/mol. The lowest BCUT2D eigenvalue weighted by atomic mass is 10.1. The quantitative estimate of drug-likeness (QED) is 0.250. The molecule has 30 heavy (non-hydrogen) atoms. The molecule has 0 aromatic carbocycles. The first-order valence-electron chi connectivity index (χ1n) is 9.89. The van der Waals surface area contributed by atoms with Crippen LogP contribution in [0.3, 0.4) is 0 Å². The zero-order valence-electron chi connectivity index (χ0n) is 17.0. The summed E-state index contributed by atoms with van der Waals surface area (Å²) in [4.78, 5) is 42.2. The van der Waals surface area contributed by atoms with Crippen molar-refractivity contribution in [3.8, 4) is 0 Å². The van der Waals surface area contributed by atoms with Crippen LogP contribution in [0, 0.1) is 0 Å². The van der Waals surface area contributed by atoms with Crippen molar-refractivity contribution in [2.75, 3.05) is 11.9 Å². The van der Waals surface area contributed by atoms with E-state index in [0.29, 0.717) is 16.3 Å². The highest BCUT2D eigenvalue weighted by Gasteiger charge is 2.27. The predicted octanol–water partition coefficient (Wildman–Crippen LogP) is 3.07. The monoisotopic (exact) mass is 428 g/mol. The minimum absolute atomic E-state index is 0.236. The van der Waals surface area contributed by atoms with Crippen LogP contribution in [0.15, 0.2) is 29.6 Å². The lowest BCUT2D eigenvalue weighted by Gasteiger charge is -2.08. The molecule has 2 aromatic heterocycles. The highest BCUT2D eigenvalue weighted by Crippen LogP contribution is 2.38. The molecule has 2 aromatic rings. The zero-order valence-corrected chi connectivity index (χ0v) is 17.8. The number of ether oxygens (including phenoxy) is 1. The molecule has 9 heteroatoms. The Bertz CT molecular complexity index is 969. The average molecular weight is 429 g/mol. The number of hydrogen-bond acceptors (Lipinski definition) is 7. The van der Waals surface area contributed by atoms with E-state index in [1.807, 2.05) is 0 Å². The normalized spacial score (nSPS) is 13.7. The van der Waals surface area contributed by atoms with Crippen LogP contribution in [0.1, 0.15) is 59.5 Å². The zero-order chi connectivity index (χ0) is 21.5. The number of carbonyl (C=O) groups is 3. The maximum absolute atomic E-state index is 12.5. The van der Waals surface area contributed by atoms with Gasteiger partial charge in [0, 0.05) is 22.8 Å². The van der Waals surface area contributed by atoms with Gasteiger partial charge < -0.3 is 10.1 Å². The van der Waals surface area contributed by atoms with Crippen LogP contribution >= 0.6 is 11.3 Å². The Hall–Kier alpha value is -3.07. The summed E-state index contributed by atoms with van der Waals surface area (Å²) in [5, 5.41) is 6.90. The fraction of sp³-hybridized carbons (Fsp3) is 0.381. The number of nitrogens with zero attached hydrogens (tertiary/aromatic N) is 2. The van der Waals surface area contributed by atoms with E-state index in [1.54, 1.807) is 38.4 Å². The van der Waals surface area contributed by atoms with E-state index in [0.717, 1.165) is 48.1 Å². The summed E-state index contributed by atoms with van der Waals surface area (Å²) in [5.41, 5.74) is 4.86. The topological polar surface area (TPSA) is 110 Å². The van der Waals surface area contributed by atoms with Gasteiger partial charge in [-0.2, -0.15) is 5.10 Å². The van der Waals surface area contributed by atoms with Gasteiger partial charge in [-0.25, -0.2) is 10.2 Å². The Balaban J connectivity index is 1.75. The van der Waals surface area contributed by atoms with Crippen molar-refractivity contribution in [2.45, 2.75) is 46.0 Å². The van der Waals surface area contributed by atoms with Gasteiger partial charge in [-0.05, 0) is 57.2 Å². The van der Waals surface area contributed by atoms with E-state index in [9.17, 15) is 14.4 Å². The van der Waals surface area contributed by atoms with Gasteiger partial charge in [0.05, 0.1) is 17.9 Å². The van der Waals surface area contributed by atoms with Gasteiger partial charge in [-0.1, -0.05) is 6.42 Å². The molecule has 158 valence electrons. The Morgan fingerprint density at radius 2 is 1.87 bits per heavy atom. The van der Waals surface area contributed by atoms with Gasteiger partial charge in [0.15, 0.2) is 0 Å². The Kier molecular flexibility index (Phi) is 7.29. The molecule has 0 fully saturated rings. The van der Waals surface area contributed by atoms with Gasteiger partial charge in [0.25, 0.3) is 0 Å². The highest BCUT2D eigenvalue weighted by atomic mass is 32.1. The molecule has 2 amide bonds. The first kappa shape index (κ1) is 21.6. The molecule has 0 saturated carbocycles. The number of aromatic nitrogens is 1. The SMILES string of the molecule is CCOC(=O)c1c(NC(=O)C(=O)NN=C(C)c2ccncc2)sc2c1CCCCC2. The Labute approximate surface area is 178 Å². The molecule has 0 saturated heterocycles. The standard InChI is InChI=1S/C21H24N4O4S/c1-3-29-21(28)17-15-7-5-4-6-8-16(15)30-20(17)23-18(26)19(27)25-24-13(2)14-9-11-22-12-10-14/h9-12H,3-8H2,1-2H3,(H,23,26)(H,25,27). The van der Waals surface area contributed by atoms with Gasteiger partial charge >= 0.3 is 17.8 Å². The summed E-state index contributed by atoms with van der Waals surface area (Å²) in [7, 11) is 0. The van der Waals surface area contributed by atoms with Crippen molar-refractivity contribution >= 4 is 39.8 Å². The van der Waals surface area contributed by atoms with Gasteiger partial charge in [-0.15, -0.1) is 11.3 Å². The van der Waals surface area contributed by atoms with Crippen molar-refractivity contribution in [3.05, 3.63) is 46.1 Å². The van der Waals surface area contributed by atoms with Gasteiger partial charge in [0.1, 0.15) is 5.00 Å². The summed E-state index contributed by atoms with van der Waals surface area (Å²) in [6, 6.07) is 3.49. The third kappa shape index (κ3) is 5.10. The second kappa shape index (κ2) is 10.1. The van der Waals surface area contributed by atoms with E-state index < -0.39 is 17.8 Å². The molecule has 0 spiro atoms. The van der Waals surface area contributed by atoms with Crippen LogP contribution < -0.4 is 10.7 Å². The van der Waals surface area contributed by atoms with Crippen molar-refractivity contribution < 1.29 is 19.1 Å². The molecule has 0 radical (unpaired) electrons. The number of anilines is 1. The minimum atomic E-state index is -0.915. The maximum atomic E-state index is 12.5. The first-order valence-corrected chi connectivity index (χ1v) is 10.7. The smallest absolute Gasteiger partial charge is 0.341 e. The average Bonchev–Trinajstić information content (AvgIpc) is 2.92. The number of amides is 2. The third-order valence-electron chi connectivity index (χ3n) is 4.76. The van der Waals surface area contributed by atoms with Crippen LogP contribution in [-0.4, -0.2) is 35.1 Å². The molecule has 0 bridgehead atoms. The molecule has 0 unspecified atom stereocenters. The molecule has 1 aliphatic rings. The number of nitrogens with one attached hydrogen (secondary N) is 2. The number of thiophene rings is 1. The lowest BCUT2D eigenvalue weighted by molar-refractivity contribution is -0.136. The fourth-order valence-electron chi connectivity index (χ4n) is 3.25. The maximum Gasteiger partial charge on any atom is 0.341 e. The van der Waals surface area contributed by atoms with E-state index in [-0.39, 0.29) is 6.61 Å². The van der Waals surface area contributed by atoms with E-state index >= 15 is 0 Å². The molecule has 2 N–H and O–H groups in total. The number of hydrogen-bond donors (Lipinski definition) is 2. The van der Waals surface area contributed by atoms with E-state index in [1.165, 1.54) is 11.3 Å². The third-order valence-corrected chi connectivity index (χ3v) is 5.96. The van der Waals surface area contributed by atoms with E-state index in [4.69, 9.17) is 4.74 Å². The molecule has 0 aliphatic heterocycles. The molecule has 3 rings (SSSR count). The van der Waals surface area contributed by atoms with Gasteiger partial charge in [0.2, 0.25) is 0 Å². The number of pyridine rings is 1. The van der Waals surface area contributed by atoms with Crippen LogP contribution in [0.25, 0.3) is 0 Å². The summed E-state index contributed by atoms with van der Waals surface area (Å²) in [5.74, 6) is -2.27. The van der Waals surface area contributed by atoms with Crippen molar-refractivity contribution in [1.29, 1.82) is 0 Å². The van der Waals surface area contributed by atoms with Crippen LogP contribution in [-0.2, 0) is 27.2 Å². The fourth-order valence-corrected chi connectivity index (χ4v) is 4.53. The predicted molar refractivity (Wildman–Crippen MR) is 115 cm³/mol. The number of carbonyl (C=O) groups excluding carboxylic acids is 3. The number of aryl methyl sites for hydroxylation is 1. The van der Waals surface area contributed by atoms with Crippen molar-refractivity contribution in [3.63, 3.8) is 0 Å². The largest absolute Gasteiger partial charge is 0.462 e. The molecule has 0 atom stereocenters. The number of esters is 1. The second-order valence-electron chi connectivity index (χ2n) is 6.82. The number of fused-ring (bicyclic) bond motifs is 1. The molecule has 8 nitrogen and oxygen atoms in total. The summed E-state index contributed by atoms with van der Waals surface area (Å²) in [6.07, 6.45) is 7.95. The minimum Gasteiger partial charge on any atom is -0.462 e. The van der Waals surface area contributed by atoms with E-state index in [2.05, 4.69) is 20.8 Å². The van der Waals surface area contributed by atoms with Crippen molar-refractivity contribution in [1.82, 2.24) is 10.4 Å². The van der Waals surface area contributed by atoms with Crippen LogP contribution in [0.4, 0.5) is 5.00 Å². The molecule has 2 heterocycles. The summed E-state index contributed by atoms with van der Waals surface area (Å²) >= 11 is 1.34. The number of rotatable bonds is 5. The summed E-state index contributed by atoms with van der Waals surface area (Å²) < 4.78 is 5.19. The lowest BCUT2D eigenvalue weighted by Crippen LogP contribution is -2.33. The second-order valence-corrected chi connectivity index (χ2v) is 7.92. The number of hydrazone groups is 1. The van der Waals surface area contributed by atoms with Crippen LogP contribution in [0.2, 0.25) is 0 Å². The van der Waals surface area contributed by atoms with Crippen molar-refractivity contribution in [2.24, 2.45) is 5.10 Å². The van der Waals surface area contributed by atoms with Crippen LogP contribution in [0.5, 0.6) is 0 Å². The highest BCUT2D eigenvalue weighted by molar-refractivity contribution is 7.17. The van der Waals surface area contributed by atoms with Gasteiger partial charge in [-0.3, -0.25) is 14.6 Å². The molecular formula is C21H24N4O4S.